The maximum absolute atomic E-state index is 13.3. The monoisotopic (exact) mass is 455 g/mol. The lowest BCUT2D eigenvalue weighted by atomic mass is 9.83. The summed E-state index contributed by atoms with van der Waals surface area (Å²) in [6.45, 7) is 4.00. The number of carbonyl (C=O) groups excluding carboxylic acids is 2. The number of benzene rings is 1. The molecule has 2 aliphatic rings. The van der Waals surface area contributed by atoms with Gasteiger partial charge in [-0.25, -0.2) is 4.79 Å². The van der Waals surface area contributed by atoms with E-state index in [-0.39, 0.29) is 30.5 Å². The van der Waals surface area contributed by atoms with Gasteiger partial charge in [-0.05, 0) is 63.1 Å². The fraction of sp³-hybridized carbons (Fsp3) is 0.560. The number of hydrogen-bond acceptors (Lipinski definition) is 5. The molecule has 0 bridgehead atoms. The fourth-order valence-corrected chi connectivity index (χ4v) is 5.05. The Balaban J connectivity index is 1.74. The quantitative estimate of drug-likeness (QED) is 0.403. The molecule has 2 atom stereocenters. The van der Waals surface area contributed by atoms with Gasteiger partial charge in [0.1, 0.15) is 6.04 Å². The first-order chi connectivity index (χ1) is 15.8. The number of likely N-dealkylation sites (tertiary alicyclic amines) is 1. The van der Waals surface area contributed by atoms with Gasteiger partial charge in [0, 0.05) is 29.2 Å². The van der Waals surface area contributed by atoms with E-state index in [2.05, 4.69) is 10.6 Å². The molecule has 3 rings (SSSR count). The molecule has 1 heterocycles. The van der Waals surface area contributed by atoms with Crippen LogP contribution in [0.1, 0.15) is 64.4 Å². The second-order valence-electron chi connectivity index (χ2n) is 9.25. The van der Waals surface area contributed by atoms with Gasteiger partial charge >= 0.3 is 6.03 Å². The maximum atomic E-state index is 13.3. The van der Waals surface area contributed by atoms with Gasteiger partial charge in [-0.1, -0.05) is 31.4 Å². The van der Waals surface area contributed by atoms with Gasteiger partial charge in [-0.15, -0.1) is 0 Å². The van der Waals surface area contributed by atoms with Gasteiger partial charge in [0.05, 0.1) is 12.6 Å². The highest BCUT2D eigenvalue weighted by molar-refractivity contribution is 6.21. The predicted octanol–water partition coefficient (Wildman–Crippen LogP) is 3.47. The second kappa shape index (κ2) is 11.3. The number of aliphatic hydroxyl groups excluding tert-OH is 1. The second-order valence-corrected chi connectivity index (χ2v) is 9.25. The van der Waals surface area contributed by atoms with E-state index in [4.69, 9.17) is 11.1 Å². The number of nitrogens with zero attached hydrogens (tertiary/aromatic N) is 1. The van der Waals surface area contributed by atoms with Crippen LogP contribution in [0.15, 0.2) is 30.0 Å². The normalized spacial score (nSPS) is 20.7. The summed E-state index contributed by atoms with van der Waals surface area (Å²) in [5, 5.41) is 23.5. The predicted molar refractivity (Wildman–Crippen MR) is 131 cm³/mol. The summed E-state index contributed by atoms with van der Waals surface area (Å²) >= 11 is 0. The molecule has 0 aromatic heterocycles. The summed E-state index contributed by atoms with van der Waals surface area (Å²) in [5.41, 5.74) is 9.03. The van der Waals surface area contributed by atoms with Crippen molar-refractivity contribution in [2.45, 2.75) is 70.9 Å². The number of nitrogens with one attached hydrogen (secondary N) is 3. The number of nitrogens with two attached hydrogens (primary N) is 1. The smallest absolute Gasteiger partial charge is 0.318 e. The molecule has 1 saturated carbocycles. The number of carbonyl (C=O) groups is 2. The van der Waals surface area contributed by atoms with Crippen LogP contribution in [-0.4, -0.2) is 52.9 Å². The lowest BCUT2D eigenvalue weighted by molar-refractivity contribution is -0.119. The fourth-order valence-electron chi connectivity index (χ4n) is 5.05. The van der Waals surface area contributed by atoms with E-state index in [1.807, 2.05) is 12.1 Å². The van der Waals surface area contributed by atoms with Crippen LogP contribution in [0.2, 0.25) is 0 Å². The minimum atomic E-state index is -0.622. The van der Waals surface area contributed by atoms with Gasteiger partial charge in [0.25, 0.3) is 0 Å². The summed E-state index contributed by atoms with van der Waals surface area (Å²) < 4.78 is 0. The van der Waals surface area contributed by atoms with Crippen LogP contribution < -0.4 is 16.4 Å². The van der Waals surface area contributed by atoms with Crippen LogP contribution >= 0.6 is 0 Å². The molecule has 1 saturated heterocycles. The van der Waals surface area contributed by atoms with Crippen LogP contribution in [0.4, 0.5) is 10.5 Å². The lowest BCUT2D eigenvalue weighted by Crippen LogP contribution is -2.54. The summed E-state index contributed by atoms with van der Waals surface area (Å²) in [6.07, 6.45) is 6.72. The third-order valence-corrected chi connectivity index (χ3v) is 6.74. The molecule has 1 aromatic rings. The average molecular weight is 456 g/mol. The topological polar surface area (TPSA) is 132 Å². The number of aliphatic hydroxyl groups is 1. The molecule has 0 radical (unpaired) electrons. The van der Waals surface area contributed by atoms with E-state index in [9.17, 15) is 14.7 Å². The first kappa shape index (κ1) is 24.8. The first-order valence-electron chi connectivity index (χ1n) is 11.9. The van der Waals surface area contributed by atoms with Crippen molar-refractivity contribution in [1.82, 2.24) is 10.2 Å². The van der Waals surface area contributed by atoms with Crippen molar-refractivity contribution in [3.8, 4) is 0 Å². The summed E-state index contributed by atoms with van der Waals surface area (Å²) in [7, 11) is 0. The van der Waals surface area contributed by atoms with E-state index < -0.39 is 6.04 Å². The number of rotatable bonds is 7. The first-order valence-corrected chi connectivity index (χ1v) is 11.9. The largest absolute Gasteiger partial charge is 0.402 e. The highest BCUT2D eigenvalue weighted by atomic mass is 16.3. The Morgan fingerprint density at radius 1 is 1.12 bits per heavy atom. The number of anilines is 1. The summed E-state index contributed by atoms with van der Waals surface area (Å²) in [4.78, 5) is 27.9. The van der Waals surface area contributed by atoms with E-state index in [0.29, 0.717) is 29.2 Å². The average Bonchev–Trinajstić information content (AvgIpc) is 3.28. The molecule has 33 heavy (non-hydrogen) atoms. The Bertz CT molecular complexity index is 886. The molecular formula is C25H37N5O3. The van der Waals surface area contributed by atoms with E-state index >= 15 is 0 Å². The van der Waals surface area contributed by atoms with Crippen LogP contribution in [0, 0.1) is 11.3 Å². The van der Waals surface area contributed by atoms with E-state index in [1.165, 1.54) is 0 Å². The zero-order chi connectivity index (χ0) is 24.0. The third-order valence-electron chi connectivity index (χ3n) is 6.74. The standard InChI is InChI=1S/C25H37N5O3/c1-16(26)22(17(2)27)18-10-12-20(13-11-18)28-24(32)23(19-7-4-3-5-8-19)29-25(33)30-14-6-9-21(30)15-31/h10-13,19,21,23,26,31H,3-9,14-15,27H2,1-2H3,(H,28,32)(H,29,33)/b22-17+,26-16?. The van der Waals surface area contributed by atoms with Crippen molar-refractivity contribution >= 4 is 28.9 Å². The number of amides is 3. The molecule has 6 N–H and O–H groups in total. The molecule has 2 unspecified atom stereocenters. The van der Waals surface area contributed by atoms with Crippen LogP contribution in [-0.2, 0) is 4.79 Å². The Morgan fingerprint density at radius 3 is 2.36 bits per heavy atom. The molecular weight excluding hydrogens is 418 g/mol. The third kappa shape index (κ3) is 6.13. The van der Waals surface area contributed by atoms with Gasteiger partial charge in [-0.2, -0.15) is 0 Å². The van der Waals surface area contributed by atoms with Crippen LogP contribution in [0.5, 0.6) is 0 Å². The van der Waals surface area contributed by atoms with Crippen molar-refractivity contribution in [3.05, 3.63) is 35.5 Å². The van der Waals surface area contributed by atoms with Gasteiger partial charge in [0.15, 0.2) is 0 Å². The summed E-state index contributed by atoms with van der Waals surface area (Å²) in [6, 6.07) is 6.18. The summed E-state index contributed by atoms with van der Waals surface area (Å²) in [5.74, 6) is -0.135. The molecule has 8 nitrogen and oxygen atoms in total. The van der Waals surface area contributed by atoms with Gasteiger partial charge in [0.2, 0.25) is 5.91 Å². The number of urea groups is 1. The number of hydrogen-bond donors (Lipinski definition) is 5. The Kier molecular flexibility index (Phi) is 8.49. The minimum Gasteiger partial charge on any atom is -0.402 e. The highest BCUT2D eigenvalue weighted by Gasteiger charge is 2.35. The SMILES string of the molecule is CC(=N)/C(=C(/C)N)c1ccc(NC(=O)C(NC(=O)N2CCCC2CO)C2CCCCC2)cc1. The zero-order valence-electron chi connectivity index (χ0n) is 19.7. The Morgan fingerprint density at radius 2 is 1.79 bits per heavy atom. The molecule has 1 aliphatic heterocycles. The molecule has 1 aliphatic carbocycles. The van der Waals surface area contributed by atoms with Crippen LogP contribution in [0.25, 0.3) is 5.57 Å². The van der Waals surface area contributed by atoms with Crippen molar-refractivity contribution < 1.29 is 14.7 Å². The molecule has 2 fully saturated rings. The van der Waals surface area contributed by atoms with E-state index in [1.54, 1.807) is 30.9 Å². The van der Waals surface area contributed by atoms with Crippen molar-refractivity contribution in [3.63, 3.8) is 0 Å². The Hall–Kier alpha value is -2.87. The highest BCUT2D eigenvalue weighted by Crippen LogP contribution is 2.28. The van der Waals surface area contributed by atoms with E-state index in [0.717, 1.165) is 50.5 Å². The molecule has 1 aromatic carbocycles. The maximum Gasteiger partial charge on any atom is 0.318 e. The van der Waals surface area contributed by atoms with Crippen molar-refractivity contribution in [1.29, 1.82) is 5.41 Å². The van der Waals surface area contributed by atoms with Crippen molar-refractivity contribution in [2.24, 2.45) is 11.7 Å². The van der Waals surface area contributed by atoms with Gasteiger partial charge in [-0.3, -0.25) is 4.79 Å². The molecule has 3 amide bonds. The van der Waals surface area contributed by atoms with Crippen LogP contribution in [0.3, 0.4) is 0 Å². The number of allylic oxidation sites excluding steroid dienone is 2. The minimum absolute atomic E-state index is 0.0615. The Labute approximate surface area is 196 Å². The lowest BCUT2D eigenvalue weighted by Gasteiger charge is -2.32. The molecule has 0 spiro atoms. The molecule has 180 valence electrons. The molecule has 8 heteroatoms. The zero-order valence-corrected chi connectivity index (χ0v) is 19.7. The van der Waals surface area contributed by atoms with Crippen molar-refractivity contribution in [2.75, 3.05) is 18.5 Å². The van der Waals surface area contributed by atoms with Gasteiger partial charge < -0.3 is 31.8 Å².